The summed E-state index contributed by atoms with van der Waals surface area (Å²) in [5, 5.41) is 19.1. The van der Waals surface area contributed by atoms with Gasteiger partial charge in [-0.25, -0.2) is 0 Å². The molecular formula is C10H18O4. The van der Waals surface area contributed by atoms with Crippen molar-refractivity contribution < 1.29 is 19.7 Å². The quantitative estimate of drug-likeness (QED) is 0.638. The maximum atomic E-state index is 9.62. The van der Waals surface area contributed by atoms with E-state index in [-0.39, 0.29) is 0 Å². The molecule has 0 saturated carbocycles. The van der Waals surface area contributed by atoms with Crippen LogP contribution in [0.25, 0.3) is 0 Å². The molecule has 0 spiro atoms. The summed E-state index contributed by atoms with van der Waals surface area (Å²) < 4.78 is 10.4. The van der Waals surface area contributed by atoms with Crippen LogP contribution in [0.2, 0.25) is 0 Å². The predicted molar refractivity (Wildman–Crippen MR) is 51.7 cm³/mol. The number of allylic oxidation sites excluding steroid dienone is 1. The van der Waals surface area contributed by atoms with Crippen molar-refractivity contribution >= 4 is 0 Å². The number of aliphatic hydroxyl groups excluding tert-OH is 2. The van der Waals surface area contributed by atoms with Crippen molar-refractivity contribution in [3.8, 4) is 0 Å². The third-order valence-electron chi connectivity index (χ3n) is 2.23. The number of hydrogen-bond donors (Lipinski definition) is 2. The molecule has 0 radical (unpaired) electrons. The molecule has 0 aromatic heterocycles. The Labute approximate surface area is 84.1 Å². The molecule has 4 heteroatoms. The Kier molecular flexibility index (Phi) is 4.07. The first-order valence-corrected chi connectivity index (χ1v) is 4.74. The zero-order chi connectivity index (χ0) is 10.7. The molecule has 2 N–H and O–H groups in total. The van der Waals surface area contributed by atoms with Gasteiger partial charge in [-0.05, 0) is 13.8 Å². The second-order valence-corrected chi connectivity index (χ2v) is 3.80. The molecule has 0 amide bonds. The molecule has 1 aliphatic rings. The van der Waals surface area contributed by atoms with Gasteiger partial charge in [-0.1, -0.05) is 11.6 Å². The van der Waals surface area contributed by atoms with E-state index in [1.807, 2.05) is 13.8 Å². The highest BCUT2D eigenvalue weighted by atomic mass is 16.7. The van der Waals surface area contributed by atoms with Crippen LogP contribution in [-0.2, 0) is 9.47 Å². The van der Waals surface area contributed by atoms with Crippen molar-refractivity contribution in [2.24, 2.45) is 0 Å². The Balaban J connectivity index is 2.67. The van der Waals surface area contributed by atoms with Crippen LogP contribution in [0.4, 0.5) is 0 Å². The molecule has 1 heterocycles. The first-order valence-electron chi connectivity index (χ1n) is 4.74. The Bertz CT molecular complexity index is 210. The van der Waals surface area contributed by atoms with Crippen molar-refractivity contribution in [2.45, 2.75) is 44.9 Å². The van der Waals surface area contributed by atoms with Gasteiger partial charge in [0.25, 0.3) is 0 Å². The molecule has 0 aromatic carbocycles. The van der Waals surface area contributed by atoms with Gasteiger partial charge in [0.15, 0.2) is 6.29 Å². The minimum absolute atomic E-state index is 0.310. The highest BCUT2D eigenvalue weighted by Gasteiger charge is 2.35. The third kappa shape index (κ3) is 2.78. The highest BCUT2D eigenvalue weighted by molar-refractivity contribution is 5.03. The summed E-state index contributed by atoms with van der Waals surface area (Å²) in [5.41, 5.74) is 1.04. The van der Waals surface area contributed by atoms with E-state index in [1.54, 1.807) is 6.08 Å². The van der Waals surface area contributed by atoms with Gasteiger partial charge in [-0.15, -0.1) is 0 Å². The van der Waals surface area contributed by atoms with Crippen LogP contribution >= 0.6 is 0 Å². The summed E-state index contributed by atoms with van der Waals surface area (Å²) in [6, 6.07) is 0. The van der Waals surface area contributed by atoms with E-state index in [9.17, 15) is 10.2 Å². The average molecular weight is 202 g/mol. The minimum Gasteiger partial charge on any atom is -0.390 e. The maximum Gasteiger partial charge on any atom is 0.160 e. The summed E-state index contributed by atoms with van der Waals surface area (Å²) in [7, 11) is 1.52. The standard InChI is InChI=1S/C10H18O4/c1-6(2)4-8-10(12)7(11)5-9(13-3)14-8/h4,7-12H,5H2,1-3H3/t7-,8-,9?,10-/m1/s1. The Hall–Kier alpha value is -0.420. The largest absolute Gasteiger partial charge is 0.390 e. The Morgan fingerprint density at radius 3 is 2.57 bits per heavy atom. The van der Waals surface area contributed by atoms with Crippen molar-refractivity contribution in [3.05, 3.63) is 11.6 Å². The molecule has 0 aromatic rings. The topological polar surface area (TPSA) is 58.9 Å². The van der Waals surface area contributed by atoms with Crippen LogP contribution < -0.4 is 0 Å². The van der Waals surface area contributed by atoms with Gasteiger partial charge in [0.2, 0.25) is 0 Å². The fourth-order valence-electron chi connectivity index (χ4n) is 1.49. The van der Waals surface area contributed by atoms with E-state index in [1.165, 1.54) is 7.11 Å². The lowest BCUT2D eigenvalue weighted by Crippen LogP contribution is -2.47. The van der Waals surface area contributed by atoms with Gasteiger partial charge in [0.1, 0.15) is 12.2 Å². The third-order valence-corrected chi connectivity index (χ3v) is 2.23. The van der Waals surface area contributed by atoms with Gasteiger partial charge >= 0.3 is 0 Å². The number of ether oxygens (including phenoxy) is 2. The van der Waals surface area contributed by atoms with E-state index < -0.39 is 24.6 Å². The van der Waals surface area contributed by atoms with Crippen LogP contribution in [0.1, 0.15) is 20.3 Å². The van der Waals surface area contributed by atoms with Crippen molar-refractivity contribution in [1.82, 2.24) is 0 Å². The lowest BCUT2D eigenvalue weighted by Gasteiger charge is -2.35. The van der Waals surface area contributed by atoms with E-state index in [2.05, 4.69) is 0 Å². The normalized spacial score (nSPS) is 38.1. The van der Waals surface area contributed by atoms with Crippen LogP contribution in [0.3, 0.4) is 0 Å². The summed E-state index contributed by atoms with van der Waals surface area (Å²) >= 11 is 0. The lowest BCUT2D eigenvalue weighted by molar-refractivity contribution is -0.229. The molecular weight excluding hydrogens is 184 g/mol. The molecule has 1 fully saturated rings. The number of rotatable bonds is 2. The van der Waals surface area contributed by atoms with Crippen LogP contribution in [0.15, 0.2) is 11.6 Å². The molecule has 1 saturated heterocycles. The van der Waals surface area contributed by atoms with Gasteiger partial charge in [-0.3, -0.25) is 0 Å². The number of methoxy groups -OCH3 is 1. The second kappa shape index (κ2) is 4.89. The highest BCUT2D eigenvalue weighted by Crippen LogP contribution is 2.22. The van der Waals surface area contributed by atoms with Crippen molar-refractivity contribution in [2.75, 3.05) is 7.11 Å². The molecule has 0 aliphatic carbocycles. The second-order valence-electron chi connectivity index (χ2n) is 3.80. The molecule has 4 nitrogen and oxygen atoms in total. The van der Waals surface area contributed by atoms with Crippen LogP contribution in [-0.4, -0.2) is 41.9 Å². The summed E-state index contributed by atoms with van der Waals surface area (Å²) in [5.74, 6) is 0. The predicted octanol–water partition coefficient (Wildman–Crippen LogP) is 0.436. The van der Waals surface area contributed by atoms with Gasteiger partial charge in [0.05, 0.1) is 6.10 Å². The van der Waals surface area contributed by atoms with E-state index in [0.29, 0.717) is 6.42 Å². The summed E-state index contributed by atoms with van der Waals surface area (Å²) in [6.45, 7) is 3.83. The SMILES string of the molecule is COC1C[C@@H](O)[C@@H](O)[C@@H](C=C(C)C)O1. The number of hydrogen-bond acceptors (Lipinski definition) is 4. The average Bonchev–Trinajstić information content (AvgIpc) is 2.11. The van der Waals surface area contributed by atoms with Crippen LogP contribution in [0.5, 0.6) is 0 Å². The monoisotopic (exact) mass is 202 g/mol. The van der Waals surface area contributed by atoms with Gasteiger partial charge in [-0.2, -0.15) is 0 Å². The molecule has 14 heavy (non-hydrogen) atoms. The molecule has 1 rings (SSSR count). The fraction of sp³-hybridized carbons (Fsp3) is 0.800. The zero-order valence-corrected chi connectivity index (χ0v) is 8.80. The maximum absolute atomic E-state index is 9.62. The van der Waals surface area contributed by atoms with E-state index in [0.717, 1.165) is 5.57 Å². The number of aliphatic hydroxyl groups is 2. The summed E-state index contributed by atoms with van der Waals surface area (Å²) in [4.78, 5) is 0. The van der Waals surface area contributed by atoms with Crippen molar-refractivity contribution in [3.63, 3.8) is 0 Å². The van der Waals surface area contributed by atoms with E-state index in [4.69, 9.17) is 9.47 Å². The molecule has 0 bridgehead atoms. The summed E-state index contributed by atoms with van der Waals surface area (Å²) in [6.07, 6.45) is -0.461. The first-order chi connectivity index (χ1) is 6.54. The Morgan fingerprint density at radius 2 is 2.07 bits per heavy atom. The lowest BCUT2D eigenvalue weighted by atomic mass is 10.00. The molecule has 1 unspecified atom stereocenters. The smallest absolute Gasteiger partial charge is 0.160 e. The van der Waals surface area contributed by atoms with Crippen LogP contribution in [0, 0.1) is 0 Å². The van der Waals surface area contributed by atoms with Gasteiger partial charge in [0, 0.05) is 13.5 Å². The van der Waals surface area contributed by atoms with E-state index >= 15 is 0 Å². The zero-order valence-electron chi connectivity index (χ0n) is 8.80. The molecule has 4 atom stereocenters. The van der Waals surface area contributed by atoms with Gasteiger partial charge < -0.3 is 19.7 Å². The molecule has 82 valence electrons. The fourth-order valence-corrected chi connectivity index (χ4v) is 1.49. The van der Waals surface area contributed by atoms with Crippen molar-refractivity contribution in [1.29, 1.82) is 0 Å². The Morgan fingerprint density at radius 1 is 1.43 bits per heavy atom. The molecule has 1 aliphatic heterocycles. The first kappa shape index (κ1) is 11.7. The minimum atomic E-state index is -0.865.